The maximum atomic E-state index is 5.36. The molecule has 0 spiro atoms. The minimum Gasteiger partial charge on any atom is -0.490 e. The fraction of sp³-hybridized carbons (Fsp3) is 0.667. The highest BCUT2D eigenvalue weighted by Crippen LogP contribution is 2.29. The number of nitrogens with one attached hydrogen (secondary N) is 2. The summed E-state index contributed by atoms with van der Waals surface area (Å²) in [6.45, 7) is 8.12. The van der Waals surface area contributed by atoms with Crippen molar-refractivity contribution in [3.63, 3.8) is 0 Å². The zero-order valence-electron chi connectivity index (χ0n) is 11.5. The fourth-order valence-corrected chi connectivity index (χ4v) is 1.53. The molecular formula is C12H22N4O2. The molecule has 102 valence electrons. The van der Waals surface area contributed by atoms with Crippen molar-refractivity contribution in [1.82, 2.24) is 9.97 Å². The molecule has 0 saturated carbocycles. The lowest BCUT2D eigenvalue weighted by atomic mass is 10.3. The van der Waals surface area contributed by atoms with E-state index in [1.165, 1.54) is 6.33 Å². The molecule has 0 aliphatic carbocycles. The van der Waals surface area contributed by atoms with E-state index in [-0.39, 0.29) is 6.04 Å². The van der Waals surface area contributed by atoms with Crippen molar-refractivity contribution in [2.24, 2.45) is 0 Å². The number of methoxy groups -OCH3 is 1. The van der Waals surface area contributed by atoms with Gasteiger partial charge in [-0.05, 0) is 20.8 Å². The molecule has 0 amide bonds. The SMILES string of the molecule is CCNc1ncnc(NC(C)COCC)c1OC. The molecule has 1 aromatic heterocycles. The lowest BCUT2D eigenvalue weighted by Crippen LogP contribution is -2.23. The average Bonchev–Trinajstić information content (AvgIpc) is 2.37. The third kappa shape index (κ3) is 4.03. The van der Waals surface area contributed by atoms with Crippen LogP contribution in [-0.2, 0) is 4.74 Å². The van der Waals surface area contributed by atoms with Gasteiger partial charge >= 0.3 is 0 Å². The second-order valence-electron chi connectivity index (χ2n) is 3.84. The number of hydrogen-bond donors (Lipinski definition) is 2. The topological polar surface area (TPSA) is 68.3 Å². The Bertz CT molecular complexity index is 360. The van der Waals surface area contributed by atoms with Crippen LogP contribution in [0, 0.1) is 0 Å². The monoisotopic (exact) mass is 254 g/mol. The molecule has 1 rings (SSSR count). The zero-order valence-corrected chi connectivity index (χ0v) is 11.5. The van der Waals surface area contributed by atoms with E-state index in [0.717, 1.165) is 6.54 Å². The summed E-state index contributed by atoms with van der Waals surface area (Å²) in [5, 5.41) is 6.39. The molecule has 0 aliphatic rings. The highest BCUT2D eigenvalue weighted by Gasteiger charge is 2.13. The van der Waals surface area contributed by atoms with Crippen molar-refractivity contribution < 1.29 is 9.47 Å². The van der Waals surface area contributed by atoms with Gasteiger partial charge in [-0.2, -0.15) is 0 Å². The van der Waals surface area contributed by atoms with E-state index in [9.17, 15) is 0 Å². The summed E-state index contributed by atoms with van der Waals surface area (Å²) >= 11 is 0. The maximum Gasteiger partial charge on any atom is 0.204 e. The summed E-state index contributed by atoms with van der Waals surface area (Å²) in [6.07, 6.45) is 1.51. The number of aromatic nitrogens is 2. The van der Waals surface area contributed by atoms with Gasteiger partial charge in [-0.15, -0.1) is 0 Å². The Morgan fingerprint density at radius 2 is 2.00 bits per heavy atom. The summed E-state index contributed by atoms with van der Waals surface area (Å²) in [7, 11) is 1.61. The standard InChI is InChI=1S/C12H22N4O2/c1-5-13-11-10(17-4)12(15-8-14-11)16-9(3)7-18-6-2/h8-9H,5-7H2,1-4H3,(H2,13,14,15,16). The van der Waals surface area contributed by atoms with Crippen LogP contribution in [0.2, 0.25) is 0 Å². The molecular weight excluding hydrogens is 232 g/mol. The summed E-state index contributed by atoms with van der Waals surface area (Å²) in [6, 6.07) is 0.156. The predicted octanol–water partition coefficient (Wildman–Crippen LogP) is 1.75. The molecule has 0 fully saturated rings. The first-order valence-electron chi connectivity index (χ1n) is 6.20. The van der Waals surface area contributed by atoms with Crippen molar-refractivity contribution in [3.05, 3.63) is 6.33 Å². The van der Waals surface area contributed by atoms with Gasteiger partial charge < -0.3 is 20.1 Å². The Morgan fingerprint density at radius 1 is 1.28 bits per heavy atom. The van der Waals surface area contributed by atoms with E-state index in [1.807, 2.05) is 20.8 Å². The highest BCUT2D eigenvalue weighted by molar-refractivity contribution is 5.63. The van der Waals surface area contributed by atoms with Gasteiger partial charge in [0.2, 0.25) is 5.75 Å². The molecule has 0 aromatic carbocycles. The third-order valence-electron chi connectivity index (χ3n) is 2.31. The van der Waals surface area contributed by atoms with Crippen LogP contribution < -0.4 is 15.4 Å². The van der Waals surface area contributed by atoms with E-state index in [1.54, 1.807) is 7.11 Å². The molecule has 2 N–H and O–H groups in total. The molecule has 1 aromatic rings. The summed E-state index contributed by atoms with van der Waals surface area (Å²) in [5.41, 5.74) is 0. The van der Waals surface area contributed by atoms with Crippen LogP contribution in [0.5, 0.6) is 5.75 Å². The molecule has 0 aliphatic heterocycles. The van der Waals surface area contributed by atoms with Gasteiger partial charge in [-0.3, -0.25) is 0 Å². The lowest BCUT2D eigenvalue weighted by molar-refractivity contribution is 0.141. The van der Waals surface area contributed by atoms with E-state index in [0.29, 0.717) is 30.6 Å². The van der Waals surface area contributed by atoms with E-state index in [2.05, 4.69) is 20.6 Å². The molecule has 0 saturated heterocycles. The number of nitrogens with zero attached hydrogens (tertiary/aromatic N) is 2. The fourth-order valence-electron chi connectivity index (χ4n) is 1.53. The normalized spacial score (nSPS) is 12.0. The first-order chi connectivity index (χ1) is 8.72. The van der Waals surface area contributed by atoms with Gasteiger partial charge in [0.15, 0.2) is 11.6 Å². The Kier molecular flexibility index (Phi) is 6.21. The summed E-state index contributed by atoms with van der Waals surface area (Å²) < 4.78 is 10.7. The quantitative estimate of drug-likeness (QED) is 0.736. The smallest absolute Gasteiger partial charge is 0.204 e. The molecule has 6 heteroatoms. The van der Waals surface area contributed by atoms with Crippen LogP contribution >= 0.6 is 0 Å². The largest absolute Gasteiger partial charge is 0.490 e. The second kappa shape index (κ2) is 7.71. The molecule has 18 heavy (non-hydrogen) atoms. The Balaban J connectivity index is 2.77. The minimum atomic E-state index is 0.156. The minimum absolute atomic E-state index is 0.156. The Morgan fingerprint density at radius 3 is 2.61 bits per heavy atom. The van der Waals surface area contributed by atoms with E-state index < -0.39 is 0 Å². The van der Waals surface area contributed by atoms with Crippen molar-refractivity contribution in [2.45, 2.75) is 26.8 Å². The van der Waals surface area contributed by atoms with Gasteiger partial charge in [0.1, 0.15) is 6.33 Å². The Labute approximate surface area is 108 Å². The average molecular weight is 254 g/mol. The van der Waals surface area contributed by atoms with Crippen molar-refractivity contribution in [2.75, 3.05) is 37.5 Å². The Hall–Kier alpha value is -1.56. The molecule has 1 atom stereocenters. The predicted molar refractivity (Wildman–Crippen MR) is 72.3 cm³/mol. The zero-order chi connectivity index (χ0) is 13.4. The van der Waals surface area contributed by atoms with Gasteiger partial charge in [-0.25, -0.2) is 9.97 Å². The third-order valence-corrected chi connectivity index (χ3v) is 2.31. The lowest BCUT2D eigenvalue weighted by Gasteiger charge is -2.17. The number of rotatable bonds is 8. The maximum absolute atomic E-state index is 5.36. The molecule has 0 bridgehead atoms. The van der Waals surface area contributed by atoms with Crippen LogP contribution in [0.25, 0.3) is 0 Å². The van der Waals surface area contributed by atoms with Crippen LogP contribution in [0.4, 0.5) is 11.6 Å². The van der Waals surface area contributed by atoms with Crippen molar-refractivity contribution >= 4 is 11.6 Å². The summed E-state index contributed by atoms with van der Waals surface area (Å²) in [5.74, 6) is 2.00. The van der Waals surface area contributed by atoms with Gasteiger partial charge in [0.25, 0.3) is 0 Å². The van der Waals surface area contributed by atoms with E-state index >= 15 is 0 Å². The van der Waals surface area contributed by atoms with Crippen LogP contribution in [0.1, 0.15) is 20.8 Å². The molecule has 0 radical (unpaired) electrons. The van der Waals surface area contributed by atoms with Crippen LogP contribution in [-0.4, -0.2) is 42.9 Å². The van der Waals surface area contributed by atoms with Crippen LogP contribution in [0.3, 0.4) is 0 Å². The number of anilines is 2. The molecule has 6 nitrogen and oxygen atoms in total. The van der Waals surface area contributed by atoms with Crippen molar-refractivity contribution in [3.8, 4) is 5.75 Å². The van der Waals surface area contributed by atoms with Gasteiger partial charge in [0, 0.05) is 19.2 Å². The van der Waals surface area contributed by atoms with Gasteiger partial charge in [-0.1, -0.05) is 0 Å². The van der Waals surface area contributed by atoms with Gasteiger partial charge in [0.05, 0.1) is 13.7 Å². The summed E-state index contributed by atoms with van der Waals surface area (Å²) in [4.78, 5) is 8.35. The van der Waals surface area contributed by atoms with Crippen LogP contribution in [0.15, 0.2) is 6.33 Å². The number of ether oxygens (including phenoxy) is 2. The number of hydrogen-bond acceptors (Lipinski definition) is 6. The highest BCUT2D eigenvalue weighted by atomic mass is 16.5. The molecule has 1 unspecified atom stereocenters. The van der Waals surface area contributed by atoms with Crippen molar-refractivity contribution in [1.29, 1.82) is 0 Å². The first-order valence-corrected chi connectivity index (χ1v) is 6.20. The first kappa shape index (κ1) is 14.5. The van der Waals surface area contributed by atoms with E-state index in [4.69, 9.17) is 9.47 Å². The molecule has 1 heterocycles. The second-order valence-corrected chi connectivity index (χ2v) is 3.84.